The van der Waals surface area contributed by atoms with Crippen molar-refractivity contribution >= 4 is 11.8 Å². The molecule has 0 aliphatic heterocycles. The van der Waals surface area contributed by atoms with E-state index in [0.717, 1.165) is 30.8 Å². The molecule has 0 aliphatic carbocycles. The van der Waals surface area contributed by atoms with Gasteiger partial charge in [-0.25, -0.2) is 0 Å². The molecule has 0 bridgehead atoms. The highest BCUT2D eigenvalue weighted by Gasteiger charge is 2.15. The summed E-state index contributed by atoms with van der Waals surface area (Å²) in [6, 6.07) is 10.5. The van der Waals surface area contributed by atoms with Crippen LogP contribution in [0.5, 0.6) is 5.75 Å². The van der Waals surface area contributed by atoms with Gasteiger partial charge in [-0.2, -0.15) is 5.26 Å². The van der Waals surface area contributed by atoms with E-state index in [1.54, 1.807) is 7.11 Å². The van der Waals surface area contributed by atoms with Gasteiger partial charge in [0.1, 0.15) is 5.75 Å². The van der Waals surface area contributed by atoms with Gasteiger partial charge in [-0.3, -0.25) is 0 Å². The summed E-state index contributed by atoms with van der Waals surface area (Å²) in [7, 11) is 1.68. The fraction of sp³-hybridized carbons (Fsp3) is 0.533. The number of ether oxygens (including phenoxy) is 1. The van der Waals surface area contributed by atoms with E-state index in [1.807, 2.05) is 37.7 Å². The first-order valence-electron chi connectivity index (χ1n) is 6.25. The van der Waals surface area contributed by atoms with Crippen LogP contribution in [0.25, 0.3) is 0 Å². The molecule has 0 radical (unpaired) electrons. The summed E-state index contributed by atoms with van der Waals surface area (Å²) in [5, 5.41) is 8.91. The lowest BCUT2D eigenvalue weighted by molar-refractivity contribution is 0.414. The van der Waals surface area contributed by atoms with Crippen molar-refractivity contribution in [2.45, 2.75) is 38.0 Å². The van der Waals surface area contributed by atoms with Crippen molar-refractivity contribution < 1.29 is 4.74 Å². The van der Waals surface area contributed by atoms with Gasteiger partial charge in [-0.1, -0.05) is 6.42 Å². The van der Waals surface area contributed by atoms with Crippen molar-refractivity contribution in [2.24, 2.45) is 5.41 Å². The van der Waals surface area contributed by atoms with Crippen LogP contribution in [0.4, 0.5) is 0 Å². The molecule has 0 unspecified atom stereocenters. The normalized spacial score (nSPS) is 11.0. The summed E-state index contributed by atoms with van der Waals surface area (Å²) in [4.78, 5) is 1.27. The first kappa shape index (κ1) is 14.9. The molecule has 0 aliphatic rings. The first-order chi connectivity index (χ1) is 8.57. The van der Waals surface area contributed by atoms with Crippen molar-refractivity contribution in [1.29, 1.82) is 5.26 Å². The van der Waals surface area contributed by atoms with Gasteiger partial charge in [0, 0.05) is 4.90 Å². The minimum Gasteiger partial charge on any atom is -0.497 e. The Balaban J connectivity index is 2.20. The molecule has 0 saturated heterocycles. The average Bonchev–Trinajstić information content (AvgIpc) is 2.39. The molecule has 0 aromatic heterocycles. The number of hydrogen-bond acceptors (Lipinski definition) is 3. The Morgan fingerprint density at radius 2 is 1.89 bits per heavy atom. The van der Waals surface area contributed by atoms with Crippen LogP contribution >= 0.6 is 11.8 Å². The Morgan fingerprint density at radius 3 is 2.44 bits per heavy atom. The zero-order chi connectivity index (χ0) is 13.4. The molecule has 1 aromatic carbocycles. The Bertz CT molecular complexity index is 392. The molecule has 0 atom stereocenters. The van der Waals surface area contributed by atoms with Crippen LogP contribution in [0.3, 0.4) is 0 Å². The molecule has 0 fully saturated rings. The minimum atomic E-state index is -0.176. The van der Waals surface area contributed by atoms with E-state index in [1.165, 1.54) is 4.90 Å². The van der Waals surface area contributed by atoms with Gasteiger partial charge in [0.25, 0.3) is 0 Å². The van der Waals surface area contributed by atoms with E-state index < -0.39 is 0 Å². The first-order valence-corrected chi connectivity index (χ1v) is 7.24. The van der Waals surface area contributed by atoms with Crippen LogP contribution < -0.4 is 4.74 Å². The molecule has 1 aromatic rings. The summed E-state index contributed by atoms with van der Waals surface area (Å²) in [6.45, 7) is 4.01. The lowest BCUT2D eigenvalue weighted by Gasteiger charge is -2.14. The predicted octanol–water partition coefficient (Wildman–Crippen LogP) is 4.51. The zero-order valence-corrected chi connectivity index (χ0v) is 12.2. The quantitative estimate of drug-likeness (QED) is 0.536. The minimum absolute atomic E-state index is 0.176. The zero-order valence-electron chi connectivity index (χ0n) is 11.4. The van der Waals surface area contributed by atoms with Gasteiger partial charge < -0.3 is 4.74 Å². The molecule has 1 rings (SSSR count). The Morgan fingerprint density at radius 1 is 1.22 bits per heavy atom. The molecule has 18 heavy (non-hydrogen) atoms. The maximum atomic E-state index is 8.91. The van der Waals surface area contributed by atoms with Crippen molar-refractivity contribution in [3.8, 4) is 11.8 Å². The van der Waals surface area contributed by atoms with E-state index >= 15 is 0 Å². The van der Waals surface area contributed by atoms with Crippen LogP contribution in [0.2, 0.25) is 0 Å². The van der Waals surface area contributed by atoms with Crippen LogP contribution in [0.15, 0.2) is 29.2 Å². The molecule has 0 heterocycles. The van der Waals surface area contributed by atoms with Crippen molar-refractivity contribution in [3.63, 3.8) is 0 Å². The van der Waals surface area contributed by atoms with Crippen molar-refractivity contribution in [3.05, 3.63) is 24.3 Å². The van der Waals surface area contributed by atoms with Crippen LogP contribution in [0.1, 0.15) is 33.1 Å². The largest absolute Gasteiger partial charge is 0.497 e. The third-order valence-corrected chi connectivity index (χ3v) is 3.93. The Hall–Kier alpha value is -1.14. The number of nitriles is 1. The highest BCUT2D eigenvalue weighted by atomic mass is 32.2. The highest BCUT2D eigenvalue weighted by Crippen LogP contribution is 2.25. The van der Waals surface area contributed by atoms with Crippen LogP contribution in [-0.4, -0.2) is 12.9 Å². The van der Waals surface area contributed by atoms with Gasteiger partial charge in [-0.15, -0.1) is 11.8 Å². The molecule has 0 spiro atoms. The average molecular weight is 263 g/mol. The molecule has 0 saturated carbocycles. The second kappa shape index (κ2) is 7.33. The molecular formula is C15H21NOS. The van der Waals surface area contributed by atoms with Gasteiger partial charge in [0.05, 0.1) is 18.6 Å². The Kier molecular flexibility index (Phi) is 6.07. The monoisotopic (exact) mass is 263 g/mol. The van der Waals surface area contributed by atoms with E-state index in [0.29, 0.717) is 0 Å². The third-order valence-electron chi connectivity index (χ3n) is 2.83. The fourth-order valence-corrected chi connectivity index (χ4v) is 2.50. The number of nitrogens with zero attached hydrogens (tertiary/aromatic N) is 1. The van der Waals surface area contributed by atoms with Gasteiger partial charge in [0.2, 0.25) is 0 Å². The third kappa shape index (κ3) is 5.46. The topological polar surface area (TPSA) is 33.0 Å². The molecule has 0 amide bonds. The van der Waals surface area contributed by atoms with Gasteiger partial charge in [-0.05, 0) is 56.7 Å². The second-order valence-electron chi connectivity index (χ2n) is 4.98. The molecule has 2 nitrogen and oxygen atoms in total. The van der Waals surface area contributed by atoms with Crippen LogP contribution in [0, 0.1) is 16.7 Å². The van der Waals surface area contributed by atoms with Crippen molar-refractivity contribution in [2.75, 3.05) is 12.9 Å². The number of methoxy groups -OCH3 is 1. The summed E-state index contributed by atoms with van der Waals surface area (Å²) < 4.78 is 5.12. The van der Waals surface area contributed by atoms with Gasteiger partial charge >= 0.3 is 0 Å². The number of unbranched alkanes of at least 4 members (excludes halogenated alkanes) is 1. The van der Waals surface area contributed by atoms with Gasteiger partial charge in [0.15, 0.2) is 0 Å². The Labute approximate surface area is 114 Å². The highest BCUT2D eigenvalue weighted by molar-refractivity contribution is 7.99. The summed E-state index contributed by atoms with van der Waals surface area (Å²) in [6.07, 6.45) is 3.25. The van der Waals surface area contributed by atoms with E-state index in [9.17, 15) is 0 Å². The van der Waals surface area contributed by atoms with Crippen LogP contribution in [-0.2, 0) is 0 Å². The summed E-state index contributed by atoms with van der Waals surface area (Å²) in [5.74, 6) is 2.00. The second-order valence-corrected chi connectivity index (χ2v) is 6.15. The maximum absolute atomic E-state index is 8.91. The van der Waals surface area contributed by atoms with Crippen molar-refractivity contribution in [1.82, 2.24) is 0 Å². The SMILES string of the molecule is COc1ccc(SCCCCC(C)(C)C#N)cc1. The summed E-state index contributed by atoms with van der Waals surface area (Å²) in [5.41, 5.74) is -0.176. The van der Waals surface area contributed by atoms with E-state index in [2.05, 4.69) is 18.2 Å². The number of thioether (sulfide) groups is 1. The molecule has 3 heteroatoms. The lowest BCUT2D eigenvalue weighted by atomic mass is 9.89. The maximum Gasteiger partial charge on any atom is 0.118 e. The lowest BCUT2D eigenvalue weighted by Crippen LogP contribution is -2.07. The van der Waals surface area contributed by atoms with E-state index in [-0.39, 0.29) is 5.41 Å². The van der Waals surface area contributed by atoms with E-state index in [4.69, 9.17) is 10.00 Å². The number of benzene rings is 1. The number of rotatable bonds is 7. The predicted molar refractivity (Wildman–Crippen MR) is 77.0 cm³/mol. The molecule has 0 N–H and O–H groups in total. The standard InChI is InChI=1S/C15H21NOS/c1-15(2,12-16)10-4-5-11-18-14-8-6-13(17-3)7-9-14/h6-9H,4-5,10-11H2,1-3H3. The molecule has 98 valence electrons. The molecular weight excluding hydrogens is 242 g/mol. The number of hydrogen-bond donors (Lipinski definition) is 0. The fourth-order valence-electron chi connectivity index (χ4n) is 1.59. The smallest absolute Gasteiger partial charge is 0.118 e. The summed E-state index contributed by atoms with van der Waals surface area (Å²) >= 11 is 1.86.